The second-order valence-electron chi connectivity index (χ2n) is 9.39. The minimum atomic E-state index is -4.79. The van der Waals surface area contributed by atoms with E-state index < -0.39 is 36.4 Å². The lowest BCUT2D eigenvalue weighted by atomic mass is 9.77. The van der Waals surface area contributed by atoms with Crippen LogP contribution in [0.2, 0.25) is 0 Å². The Morgan fingerprint density at radius 2 is 1.72 bits per heavy atom. The summed E-state index contributed by atoms with van der Waals surface area (Å²) in [4.78, 5) is 12.2. The number of rotatable bonds is 5. The molecule has 0 atom stereocenters. The van der Waals surface area contributed by atoms with Gasteiger partial charge < -0.3 is 24.1 Å². The van der Waals surface area contributed by atoms with Crippen molar-refractivity contribution in [2.24, 2.45) is 0 Å². The zero-order valence-corrected chi connectivity index (χ0v) is 20.7. The average Bonchev–Trinajstić information content (AvgIpc) is 2.77. The van der Waals surface area contributed by atoms with Crippen LogP contribution in [0.25, 0.3) is 6.08 Å². The quantitative estimate of drug-likeness (QED) is 0.489. The van der Waals surface area contributed by atoms with E-state index >= 15 is 0 Å². The minimum absolute atomic E-state index is 0.0407. The Kier molecular flexibility index (Phi) is 7.68. The lowest BCUT2D eigenvalue weighted by Crippen LogP contribution is -2.41. The average molecular weight is 522 g/mol. The molecule has 0 aromatic heterocycles. The van der Waals surface area contributed by atoms with Crippen LogP contribution in [0.5, 0.6) is 5.75 Å². The molecule has 1 aromatic rings. The van der Waals surface area contributed by atoms with Gasteiger partial charge in [0.2, 0.25) is 0 Å². The van der Waals surface area contributed by atoms with E-state index in [1.54, 1.807) is 26.8 Å². The van der Waals surface area contributed by atoms with Crippen molar-refractivity contribution in [3.05, 3.63) is 33.7 Å². The predicted molar refractivity (Wildman–Crippen MR) is 119 cm³/mol. The number of alkyl halides is 3. The monoisotopic (exact) mass is 521 g/mol. The molecule has 0 unspecified atom stereocenters. The van der Waals surface area contributed by atoms with Crippen molar-refractivity contribution in [3.8, 4) is 5.75 Å². The lowest BCUT2D eigenvalue weighted by Gasteiger charge is -2.32. The van der Waals surface area contributed by atoms with Gasteiger partial charge in [0.25, 0.3) is 0 Å². The number of carbonyl (C=O) groups excluding carboxylic acids is 1. The van der Waals surface area contributed by atoms with E-state index in [1.807, 2.05) is 27.7 Å². The van der Waals surface area contributed by atoms with Crippen LogP contribution < -0.4 is 10.1 Å². The Morgan fingerprint density at radius 1 is 1.16 bits per heavy atom. The van der Waals surface area contributed by atoms with Gasteiger partial charge in [0, 0.05) is 11.0 Å². The fourth-order valence-electron chi connectivity index (χ4n) is 2.71. The van der Waals surface area contributed by atoms with Crippen LogP contribution in [0.15, 0.2) is 28.1 Å². The van der Waals surface area contributed by atoms with Gasteiger partial charge in [-0.15, -0.1) is 13.2 Å². The Balaban J connectivity index is 2.32. The summed E-state index contributed by atoms with van der Waals surface area (Å²) in [6, 6.07) is 3.87. The normalized spacial score (nSPS) is 18.5. The minimum Gasteiger partial charge on any atom is -0.444 e. The van der Waals surface area contributed by atoms with Crippen molar-refractivity contribution in [1.29, 1.82) is 0 Å². The molecule has 1 fully saturated rings. The summed E-state index contributed by atoms with van der Waals surface area (Å²) < 4.78 is 59.2. The van der Waals surface area contributed by atoms with Gasteiger partial charge in [-0.2, -0.15) is 0 Å². The molecule has 2 rings (SSSR count). The standard InChI is InChI=1S/C21H28BBrF3NO5/c1-18(2,3)30-17(28)27-12-14(22-31-19(4,5)20(6,7)32-22)10-13-8-9-15(11-16(13)23)29-21(24,25)26/h8-11H,12H2,1-7H3,(H,27,28). The van der Waals surface area contributed by atoms with Gasteiger partial charge in [-0.3, -0.25) is 0 Å². The molecule has 32 heavy (non-hydrogen) atoms. The van der Waals surface area contributed by atoms with Crippen LogP contribution in [-0.4, -0.2) is 42.9 Å². The lowest BCUT2D eigenvalue weighted by molar-refractivity contribution is -0.274. The fourth-order valence-corrected chi connectivity index (χ4v) is 3.18. The third kappa shape index (κ3) is 7.42. The first-order valence-electron chi connectivity index (χ1n) is 9.97. The van der Waals surface area contributed by atoms with Crippen molar-refractivity contribution in [2.45, 2.75) is 71.6 Å². The zero-order chi connectivity index (χ0) is 24.5. The van der Waals surface area contributed by atoms with Gasteiger partial charge in [-0.1, -0.05) is 28.1 Å². The summed E-state index contributed by atoms with van der Waals surface area (Å²) in [5.41, 5.74) is -0.806. The number of benzene rings is 1. The predicted octanol–water partition coefficient (Wildman–Crippen LogP) is 5.89. The van der Waals surface area contributed by atoms with Crippen molar-refractivity contribution in [3.63, 3.8) is 0 Å². The van der Waals surface area contributed by atoms with Crippen LogP contribution in [0, 0.1) is 0 Å². The maximum Gasteiger partial charge on any atom is 0.573 e. The van der Waals surface area contributed by atoms with Gasteiger partial charge >= 0.3 is 19.6 Å². The third-order valence-corrected chi connectivity index (χ3v) is 5.62. The summed E-state index contributed by atoms with van der Waals surface area (Å²) >= 11 is 3.27. The molecule has 1 N–H and O–H groups in total. The first-order valence-corrected chi connectivity index (χ1v) is 10.8. The van der Waals surface area contributed by atoms with E-state index in [0.717, 1.165) is 0 Å². The molecule has 1 saturated heterocycles. The number of hydrogen-bond donors (Lipinski definition) is 1. The van der Waals surface area contributed by atoms with Crippen molar-refractivity contribution in [1.82, 2.24) is 5.32 Å². The summed E-state index contributed by atoms with van der Waals surface area (Å²) in [6.45, 7) is 12.9. The topological polar surface area (TPSA) is 66.0 Å². The van der Waals surface area contributed by atoms with Crippen LogP contribution in [-0.2, 0) is 14.0 Å². The molecular formula is C21H28BBrF3NO5. The zero-order valence-electron chi connectivity index (χ0n) is 19.1. The second kappa shape index (κ2) is 9.27. The van der Waals surface area contributed by atoms with E-state index in [0.29, 0.717) is 15.5 Å². The summed E-state index contributed by atoms with van der Waals surface area (Å²) in [5.74, 6) is -0.356. The molecule has 1 aliphatic rings. The number of nitrogens with one attached hydrogen (secondary N) is 1. The number of hydrogen-bond acceptors (Lipinski definition) is 5. The van der Waals surface area contributed by atoms with E-state index in [-0.39, 0.29) is 12.3 Å². The molecule has 6 nitrogen and oxygen atoms in total. The summed E-state index contributed by atoms with van der Waals surface area (Å²) in [7, 11) is -0.784. The van der Waals surface area contributed by atoms with E-state index in [1.165, 1.54) is 18.2 Å². The number of amides is 1. The van der Waals surface area contributed by atoms with E-state index in [9.17, 15) is 18.0 Å². The summed E-state index contributed by atoms with van der Waals surface area (Å²) in [6.07, 6.45) is -3.73. The Morgan fingerprint density at radius 3 is 2.19 bits per heavy atom. The van der Waals surface area contributed by atoms with E-state index in [2.05, 4.69) is 26.0 Å². The molecule has 0 bridgehead atoms. The van der Waals surface area contributed by atoms with E-state index in [4.69, 9.17) is 14.0 Å². The molecule has 1 aromatic carbocycles. The molecule has 11 heteroatoms. The van der Waals surface area contributed by atoms with Crippen molar-refractivity contribution >= 4 is 35.2 Å². The fraction of sp³-hybridized carbons (Fsp3) is 0.571. The highest BCUT2D eigenvalue weighted by molar-refractivity contribution is 9.10. The summed E-state index contributed by atoms with van der Waals surface area (Å²) in [5, 5.41) is 2.67. The van der Waals surface area contributed by atoms with Crippen molar-refractivity contribution in [2.75, 3.05) is 6.54 Å². The van der Waals surface area contributed by atoms with Crippen LogP contribution in [0.1, 0.15) is 54.0 Å². The molecule has 0 spiro atoms. The Hall–Kier alpha value is -1.72. The van der Waals surface area contributed by atoms with Crippen LogP contribution in [0.4, 0.5) is 18.0 Å². The largest absolute Gasteiger partial charge is 0.573 e. The van der Waals surface area contributed by atoms with Gasteiger partial charge in [0.05, 0.1) is 11.2 Å². The maximum atomic E-state index is 12.5. The number of halogens is 4. The van der Waals surface area contributed by atoms with Crippen molar-refractivity contribution < 1.29 is 36.7 Å². The highest BCUT2D eigenvalue weighted by Gasteiger charge is 2.52. The third-order valence-electron chi connectivity index (χ3n) is 4.94. The molecular weight excluding hydrogens is 494 g/mol. The second-order valence-corrected chi connectivity index (χ2v) is 10.2. The number of ether oxygens (including phenoxy) is 2. The number of alkyl carbamates (subject to hydrolysis) is 1. The molecule has 1 heterocycles. The highest BCUT2D eigenvalue weighted by atomic mass is 79.9. The smallest absolute Gasteiger partial charge is 0.444 e. The van der Waals surface area contributed by atoms with Crippen LogP contribution in [0.3, 0.4) is 0 Å². The highest BCUT2D eigenvalue weighted by Crippen LogP contribution is 2.39. The molecule has 0 radical (unpaired) electrons. The molecule has 1 aliphatic heterocycles. The maximum absolute atomic E-state index is 12.5. The number of carbonyl (C=O) groups is 1. The Bertz CT molecular complexity index is 865. The molecule has 0 aliphatic carbocycles. The Labute approximate surface area is 195 Å². The molecule has 1 amide bonds. The first kappa shape index (κ1) is 26.5. The van der Waals surface area contributed by atoms with Gasteiger partial charge in [-0.05, 0) is 71.6 Å². The van der Waals surface area contributed by atoms with Gasteiger partial charge in [0.15, 0.2) is 0 Å². The van der Waals surface area contributed by atoms with Gasteiger partial charge in [0.1, 0.15) is 11.4 Å². The molecule has 0 saturated carbocycles. The SMILES string of the molecule is CC(C)(C)OC(=O)NCC(=Cc1ccc(OC(F)(F)F)cc1Br)B1OC(C)(C)C(C)(C)O1. The van der Waals surface area contributed by atoms with Crippen LogP contribution >= 0.6 is 15.9 Å². The molecule has 178 valence electrons. The first-order chi connectivity index (χ1) is 14.4. The van der Waals surface area contributed by atoms with Gasteiger partial charge in [-0.25, -0.2) is 4.79 Å².